The van der Waals surface area contributed by atoms with Gasteiger partial charge in [-0.3, -0.25) is 9.69 Å². The third kappa shape index (κ3) is 3.67. The molecule has 1 aromatic carbocycles. The summed E-state index contributed by atoms with van der Waals surface area (Å²) < 4.78 is 5.53. The van der Waals surface area contributed by atoms with Gasteiger partial charge in [-0.25, -0.2) is 0 Å². The summed E-state index contributed by atoms with van der Waals surface area (Å²) in [6.07, 6.45) is 4.50. The molecule has 0 unspecified atom stereocenters. The van der Waals surface area contributed by atoms with Crippen molar-refractivity contribution in [1.29, 1.82) is 0 Å². The van der Waals surface area contributed by atoms with Crippen LogP contribution in [0.2, 0.25) is 0 Å². The number of piperazine rings is 1. The molecule has 30 heavy (non-hydrogen) atoms. The van der Waals surface area contributed by atoms with Crippen LogP contribution in [0.25, 0.3) is 11.0 Å². The van der Waals surface area contributed by atoms with Crippen LogP contribution in [0, 0.1) is 24.7 Å². The first-order valence-corrected chi connectivity index (χ1v) is 11.1. The van der Waals surface area contributed by atoms with E-state index in [4.69, 9.17) is 4.52 Å². The molecule has 2 saturated heterocycles. The smallest absolute Gasteiger partial charge is 0.220 e. The van der Waals surface area contributed by atoms with Gasteiger partial charge in [0.2, 0.25) is 5.91 Å². The molecule has 158 valence electrons. The SMILES string of the molecule is CC(=O)N1CC12CCC(C#CCN1CCN(c3noc4cc(C)ccc34)CC1)CC2. The van der Waals surface area contributed by atoms with Crippen molar-refractivity contribution in [3.8, 4) is 11.8 Å². The Morgan fingerprint density at radius 1 is 1.23 bits per heavy atom. The molecule has 2 aromatic rings. The summed E-state index contributed by atoms with van der Waals surface area (Å²) >= 11 is 0. The van der Waals surface area contributed by atoms with Crippen LogP contribution in [-0.4, -0.2) is 65.7 Å². The summed E-state index contributed by atoms with van der Waals surface area (Å²) in [6.45, 7) is 9.45. The molecule has 0 radical (unpaired) electrons. The van der Waals surface area contributed by atoms with Crippen molar-refractivity contribution < 1.29 is 9.32 Å². The van der Waals surface area contributed by atoms with Crippen LogP contribution in [0.15, 0.2) is 22.7 Å². The average Bonchev–Trinajstić information content (AvgIpc) is 3.30. The Kier molecular flexibility index (Phi) is 4.94. The van der Waals surface area contributed by atoms with E-state index in [0.717, 1.165) is 81.7 Å². The molecule has 5 rings (SSSR count). The van der Waals surface area contributed by atoms with Crippen molar-refractivity contribution in [2.75, 3.05) is 44.2 Å². The van der Waals surface area contributed by atoms with Crippen molar-refractivity contribution in [2.24, 2.45) is 5.92 Å². The quantitative estimate of drug-likeness (QED) is 0.567. The topological polar surface area (TPSA) is 52.6 Å². The largest absolute Gasteiger partial charge is 0.354 e. The first-order chi connectivity index (χ1) is 14.5. The van der Waals surface area contributed by atoms with Crippen LogP contribution in [0.1, 0.15) is 38.2 Å². The number of hydrogen-bond acceptors (Lipinski definition) is 5. The highest BCUT2D eigenvalue weighted by molar-refractivity contribution is 5.89. The number of aromatic nitrogens is 1. The Morgan fingerprint density at radius 2 is 2.00 bits per heavy atom. The minimum atomic E-state index is 0.199. The van der Waals surface area contributed by atoms with E-state index < -0.39 is 0 Å². The normalized spacial score (nSPS) is 26.7. The molecule has 1 aliphatic carbocycles. The van der Waals surface area contributed by atoms with Crippen LogP contribution in [-0.2, 0) is 4.79 Å². The summed E-state index contributed by atoms with van der Waals surface area (Å²) in [5.41, 5.74) is 2.25. The van der Waals surface area contributed by atoms with E-state index in [1.54, 1.807) is 6.92 Å². The van der Waals surface area contributed by atoms with Crippen molar-refractivity contribution >= 4 is 22.7 Å². The number of fused-ring (bicyclic) bond motifs is 1. The number of anilines is 1. The first-order valence-electron chi connectivity index (χ1n) is 11.1. The molecule has 1 aromatic heterocycles. The Bertz CT molecular complexity index is 1000. The molecular weight excluding hydrogens is 376 g/mol. The highest BCUT2D eigenvalue weighted by atomic mass is 16.5. The average molecular weight is 407 g/mol. The van der Waals surface area contributed by atoms with Gasteiger partial charge in [0.1, 0.15) is 0 Å². The van der Waals surface area contributed by atoms with Crippen LogP contribution < -0.4 is 4.90 Å². The Labute approximate surface area is 178 Å². The molecule has 6 nitrogen and oxygen atoms in total. The van der Waals surface area contributed by atoms with E-state index in [0.29, 0.717) is 5.92 Å². The van der Waals surface area contributed by atoms with E-state index in [9.17, 15) is 4.79 Å². The van der Waals surface area contributed by atoms with Crippen LogP contribution in [0.4, 0.5) is 5.82 Å². The molecule has 2 aliphatic heterocycles. The maximum atomic E-state index is 11.6. The summed E-state index contributed by atoms with van der Waals surface area (Å²) in [6, 6.07) is 6.27. The van der Waals surface area contributed by atoms with E-state index in [2.05, 4.69) is 45.9 Å². The lowest BCUT2D eigenvalue weighted by Gasteiger charge is -2.33. The number of carbonyl (C=O) groups excluding carboxylic acids is 1. The minimum absolute atomic E-state index is 0.199. The minimum Gasteiger partial charge on any atom is -0.354 e. The molecule has 0 N–H and O–H groups in total. The van der Waals surface area contributed by atoms with Gasteiger partial charge in [0, 0.05) is 45.6 Å². The third-order valence-corrected chi connectivity index (χ3v) is 7.11. The number of benzene rings is 1. The highest BCUT2D eigenvalue weighted by Gasteiger charge is 2.54. The van der Waals surface area contributed by atoms with Gasteiger partial charge < -0.3 is 14.3 Å². The van der Waals surface area contributed by atoms with Crippen LogP contribution in [0.5, 0.6) is 0 Å². The molecule has 1 amide bonds. The van der Waals surface area contributed by atoms with Crippen LogP contribution in [0.3, 0.4) is 0 Å². The van der Waals surface area contributed by atoms with Gasteiger partial charge >= 0.3 is 0 Å². The van der Waals surface area contributed by atoms with Gasteiger partial charge in [-0.05, 0) is 50.3 Å². The lowest BCUT2D eigenvalue weighted by atomic mass is 9.82. The predicted octanol–water partition coefficient (Wildman–Crippen LogP) is 3.05. The maximum absolute atomic E-state index is 11.6. The Morgan fingerprint density at radius 3 is 2.70 bits per heavy atom. The summed E-state index contributed by atoms with van der Waals surface area (Å²) in [5.74, 6) is 8.64. The van der Waals surface area contributed by atoms with Crippen molar-refractivity contribution in [3.05, 3.63) is 23.8 Å². The third-order valence-electron chi connectivity index (χ3n) is 7.11. The number of rotatable bonds is 2. The van der Waals surface area contributed by atoms with Crippen molar-refractivity contribution in [1.82, 2.24) is 15.0 Å². The molecule has 0 bridgehead atoms. The molecular formula is C24H30N4O2. The molecule has 0 atom stereocenters. The zero-order valence-electron chi connectivity index (χ0n) is 18.0. The van der Waals surface area contributed by atoms with E-state index in [1.165, 1.54) is 5.56 Å². The van der Waals surface area contributed by atoms with Gasteiger partial charge in [-0.2, -0.15) is 0 Å². The molecule has 6 heteroatoms. The summed E-state index contributed by atoms with van der Waals surface area (Å²) in [4.78, 5) is 18.4. The Hall–Kier alpha value is -2.52. The summed E-state index contributed by atoms with van der Waals surface area (Å²) in [5, 5.41) is 5.42. The highest BCUT2D eigenvalue weighted by Crippen LogP contribution is 2.46. The second-order valence-corrected chi connectivity index (χ2v) is 9.19. The fourth-order valence-electron chi connectivity index (χ4n) is 5.11. The number of carbonyl (C=O) groups is 1. The number of hydrogen-bond donors (Lipinski definition) is 0. The van der Waals surface area contributed by atoms with E-state index >= 15 is 0 Å². The lowest BCUT2D eigenvalue weighted by molar-refractivity contribution is -0.125. The van der Waals surface area contributed by atoms with Crippen molar-refractivity contribution in [3.63, 3.8) is 0 Å². The fraction of sp³-hybridized carbons (Fsp3) is 0.583. The second-order valence-electron chi connectivity index (χ2n) is 9.19. The number of nitrogens with zero attached hydrogens (tertiary/aromatic N) is 4. The number of aryl methyl sites for hydroxylation is 1. The van der Waals surface area contributed by atoms with Gasteiger partial charge in [0.25, 0.3) is 0 Å². The fourth-order valence-corrected chi connectivity index (χ4v) is 5.11. The molecule has 1 saturated carbocycles. The first kappa shape index (κ1) is 19.4. The van der Waals surface area contributed by atoms with Gasteiger partial charge in [-0.1, -0.05) is 23.1 Å². The zero-order chi connectivity index (χ0) is 20.7. The zero-order valence-corrected chi connectivity index (χ0v) is 18.0. The van der Waals surface area contributed by atoms with Gasteiger partial charge in [-0.15, -0.1) is 0 Å². The molecule has 3 heterocycles. The van der Waals surface area contributed by atoms with Crippen LogP contribution >= 0.6 is 0 Å². The monoisotopic (exact) mass is 406 g/mol. The number of amides is 1. The van der Waals surface area contributed by atoms with Gasteiger partial charge in [0.05, 0.1) is 17.5 Å². The van der Waals surface area contributed by atoms with Crippen molar-refractivity contribution in [2.45, 2.75) is 45.1 Å². The van der Waals surface area contributed by atoms with Gasteiger partial charge in [0.15, 0.2) is 11.4 Å². The standard InChI is InChI=1S/C24H30N4O2/c1-18-5-6-21-22(16-18)30-25-23(21)27-14-12-26(13-15-27)11-3-4-20-7-9-24(10-8-20)17-28(24)19(2)29/h5-6,16,20H,7-15,17H2,1-2H3. The molecule has 1 spiro atoms. The lowest BCUT2D eigenvalue weighted by Crippen LogP contribution is -2.46. The molecule has 3 aliphatic rings. The summed E-state index contributed by atoms with van der Waals surface area (Å²) in [7, 11) is 0. The maximum Gasteiger partial charge on any atom is 0.220 e. The van der Waals surface area contributed by atoms with E-state index in [-0.39, 0.29) is 11.4 Å². The van der Waals surface area contributed by atoms with E-state index in [1.807, 2.05) is 11.0 Å². The Balaban J connectivity index is 1.10. The molecule has 3 fully saturated rings. The predicted molar refractivity (Wildman–Crippen MR) is 117 cm³/mol. The second kappa shape index (κ2) is 7.63.